The van der Waals surface area contributed by atoms with Crippen LogP contribution in [0.25, 0.3) is 0 Å². The summed E-state index contributed by atoms with van der Waals surface area (Å²) in [7, 11) is 0.579. The third kappa shape index (κ3) is 4.41. The molecule has 3 rings (SSSR count). The normalized spacial score (nSPS) is 21.7. The molecule has 1 fully saturated rings. The molecule has 1 saturated heterocycles. The van der Waals surface area contributed by atoms with Gasteiger partial charge >= 0.3 is 0 Å². The van der Waals surface area contributed by atoms with Crippen LogP contribution in [0.3, 0.4) is 0 Å². The van der Waals surface area contributed by atoms with E-state index in [2.05, 4.69) is 10.4 Å². The van der Waals surface area contributed by atoms with Crippen LogP contribution in [0.2, 0.25) is 5.02 Å². The van der Waals surface area contributed by atoms with E-state index in [1.54, 1.807) is 18.2 Å². The molecule has 0 aromatic heterocycles. The minimum absolute atomic E-state index is 0.0369. The summed E-state index contributed by atoms with van der Waals surface area (Å²) >= 11 is 6.22. The van der Waals surface area contributed by atoms with Crippen molar-refractivity contribution in [1.82, 2.24) is 5.01 Å². The first-order valence-corrected chi connectivity index (χ1v) is 10.7. The number of amides is 2. The number of nitrogens with zero attached hydrogens (tertiary/aromatic N) is 3. The largest absolute Gasteiger partial charge is 0.376 e. The van der Waals surface area contributed by atoms with Crippen LogP contribution in [-0.2, 0) is 19.4 Å². The maximum atomic E-state index is 12.5. The number of hydrogen-bond donors (Lipinski definition) is 1. The van der Waals surface area contributed by atoms with E-state index in [-0.39, 0.29) is 36.0 Å². The lowest BCUT2D eigenvalue weighted by Crippen LogP contribution is -2.42. The van der Waals surface area contributed by atoms with E-state index >= 15 is 0 Å². The summed E-state index contributed by atoms with van der Waals surface area (Å²) in [5.74, 6) is -0.761. The van der Waals surface area contributed by atoms with E-state index in [9.17, 15) is 18.0 Å². The Morgan fingerprint density at radius 1 is 1.33 bits per heavy atom. The summed E-state index contributed by atoms with van der Waals surface area (Å²) in [5.41, 5.74) is 1.54. The number of sulfone groups is 1. The third-order valence-electron chi connectivity index (χ3n) is 4.56. The Balaban J connectivity index is 1.75. The number of anilines is 2. The van der Waals surface area contributed by atoms with Crippen molar-refractivity contribution in [1.29, 1.82) is 0 Å². The fraction of sp³-hybridized carbons (Fsp3) is 0.471. The van der Waals surface area contributed by atoms with Crippen LogP contribution in [0.15, 0.2) is 23.3 Å². The van der Waals surface area contributed by atoms with Gasteiger partial charge in [-0.3, -0.25) is 9.59 Å². The Morgan fingerprint density at radius 3 is 2.67 bits per heavy atom. The van der Waals surface area contributed by atoms with Crippen LogP contribution in [0.5, 0.6) is 0 Å². The van der Waals surface area contributed by atoms with Gasteiger partial charge in [-0.1, -0.05) is 11.6 Å². The Morgan fingerprint density at radius 2 is 2.07 bits per heavy atom. The van der Waals surface area contributed by atoms with Gasteiger partial charge in [-0.2, -0.15) is 5.10 Å². The van der Waals surface area contributed by atoms with Gasteiger partial charge in [-0.15, -0.1) is 0 Å². The number of hydrogen-bond acceptors (Lipinski definition) is 6. The summed E-state index contributed by atoms with van der Waals surface area (Å²) in [6.07, 6.45) is 0.682. The predicted molar refractivity (Wildman–Crippen MR) is 105 cm³/mol. The van der Waals surface area contributed by atoms with E-state index in [4.69, 9.17) is 11.6 Å². The van der Waals surface area contributed by atoms with E-state index in [1.807, 2.05) is 19.0 Å². The fourth-order valence-corrected chi connectivity index (χ4v) is 5.18. The molecule has 2 aliphatic heterocycles. The minimum Gasteiger partial charge on any atom is -0.376 e. The van der Waals surface area contributed by atoms with Crippen LogP contribution in [0, 0.1) is 0 Å². The first kappa shape index (κ1) is 19.6. The number of hydrazone groups is 1. The second kappa shape index (κ2) is 7.47. The SMILES string of the molecule is CN(C)c1ccc(NC(=O)C2=NN([C@H]3CCS(=O)(=O)C3)C(=O)CC2)cc1Cl. The molecule has 8 nitrogen and oxygen atoms in total. The standard InChI is InChI=1S/C17H21ClN4O4S/c1-21(2)15-5-3-11(9-13(15)18)19-17(24)14-4-6-16(23)22(20-14)12-7-8-27(25,26)10-12/h3,5,9,12H,4,6-8,10H2,1-2H3,(H,19,24)/t12-/m0/s1. The molecule has 0 unspecified atom stereocenters. The summed E-state index contributed by atoms with van der Waals surface area (Å²) in [6.45, 7) is 0. The number of benzene rings is 1. The van der Waals surface area contributed by atoms with Crippen LogP contribution >= 0.6 is 11.6 Å². The van der Waals surface area contributed by atoms with E-state index < -0.39 is 21.8 Å². The second-order valence-corrected chi connectivity index (χ2v) is 9.49. The molecule has 1 N–H and O–H groups in total. The number of nitrogens with one attached hydrogen (secondary N) is 1. The molecular weight excluding hydrogens is 392 g/mol. The quantitative estimate of drug-likeness (QED) is 0.808. The molecule has 27 heavy (non-hydrogen) atoms. The van der Waals surface area contributed by atoms with Gasteiger partial charge in [-0.05, 0) is 24.6 Å². The van der Waals surface area contributed by atoms with Gasteiger partial charge in [0, 0.05) is 32.6 Å². The molecule has 2 amide bonds. The Labute approximate surface area is 163 Å². The average molecular weight is 413 g/mol. The molecule has 146 valence electrons. The molecule has 2 heterocycles. The summed E-state index contributed by atoms with van der Waals surface area (Å²) in [5, 5.41) is 8.56. The predicted octanol–water partition coefficient (Wildman–Crippen LogP) is 1.51. The lowest BCUT2D eigenvalue weighted by molar-refractivity contribution is -0.133. The van der Waals surface area contributed by atoms with Crippen molar-refractivity contribution < 1.29 is 18.0 Å². The topological polar surface area (TPSA) is 99.2 Å². The van der Waals surface area contributed by atoms with Crippen molar-refractivity contribution in [3.8, 4) is 0 Å². The van der Waals surface area contributed by atoms with Gasteiger partial charge in [0.1, 0.15) is 5.71 Å². The first-order valence-electron chi connectivity index (χ1n) is 8.54. The Hall–Kier alpha value is -2.13. The maximum absolute atomic E-state index is 12.5. The molecule has 0 saturated carbocycles. The smallest absolute Gasteiger partial charge is 0.271 e. The number of rotatable bonds is 4. The molecule has 0 spiro atoms. The van der Waals surface area contributed by atoms with Crippen LogP contribution < -0.4 is 10.2 Å². The zero-order valence-electron chi connectivity index (χ0n) is 15.1. The minimum atomic E-state index is -3.15. The lowest BCUT2D eigenvalue weighted by Gasteiger charge is -2.27. The van der Waals surface area contributed by atoms with Crippen LogP contribution in [0.1, 0.15) is 19.3 Å². The zero-order chi connectivity index (χ0) is 19.8. The highest BCUT2D eigenvalue weighted by molar-refractivity contribution is 7.91. The third-order valence-corrected chi connectivity index (χ3v) is 6.62. The van der Waals surface area contributed by atoms with Crippen molar-refractivity contribution in [3.05, 3.63) is 23.2 Å². The van der Waals surface area contributed by atoms with Crippen molar-refractivity contribution in [2.24, 2.45) is 5.10 Å². The highest BCUT2D eigenvalue weighted by Gasteiger charge is 2.37. The van der Waals surface area contributed by atoms with Crippen molar-refractivity contribution in [2.45, 2.75) is 25.3 Å². The number of halogens is 1. The molecule has 1 atom stereocenters. The number of carbonyl (C=O) groups excluding carboxylic acids is 2. The molecule has 1 aromatic carbocycles. The molecule has 2 aliphatic rings. The maximum Gasteiger partial charge on any atom is 0.271 e. The highest BCUT2D eigenvalue weighted by atomic mass is 35.5. The van der Waals surface area contributed by atoms with Crippen LogP contribution in [0.4, 0.5) is 11.4 Å². The molecule has 0 aliphatic carbocycles. The Kier molecular flexibility index (Phi) is 5.43. The van der Waals surface area contributed by atoms with E-state index in [1.165, 1.54) is 5.01 Å². The van der Waals surface area contributed by atoms with Gasteiger partial charge in [0.05, 0.1) is 28.3 Å². The van der Waals surface area contributed by atoms with Gasteiger partial charge < -0.3 is 10.2 Å². The summed E-state index contributed by atoms with van der Waals surface area (Å²) < 4.78 is 23.3. The van der Waals surface area contributed by atoms with Crippen molar-refractivity contribution in [2.75, 3.05) is 35.8 Å². The number of carbonyl (C=O) groups is 2. The molecular formula is C17H21ClN4O4S. The van der Waals surface area contributed by atoms with E-state index in [0.717, 1.165) is 5.69 Å². The molecule has 0 bridgehead atoms. The molecule has 10 heteroatoms. The monoisotopic (exact) mass is 412 g/mol. The van der Waals surface area contributed by atoms with E-state index in [0.29, 0.717) is 17.1 Å². The molecule has 0 radical (unpaired) electrons. The van der Waals surface area contributed by atoms with Crippen molar-refractivity contribution >= 4 is 50.3 Å². The summed E-state index contributed by atoms with van der Waals surface area (Å²) in [4.78, 5) is 26.5. The van der Waals surface area contributed by atoms with Crippen LogP contribution in [-0.4, -0.2) is 62.6 Å². The highest BCUT2D eigenvalue weighted by Crippen LogP contribution is 2.28. The van der Waals surface area contributed by atoms with Crippen molar-refractivity contribution in [3.63, 3.8) is 0 Å². The fourth-order valence-electron chi connectivity index (χ4n) is 3.14. The van der Waals surface area contributed by atoms with Gasteiger partial charge in [-0.25, -0.2) is 13.4 Å². The van der Waals surface area contributed by atoms with Gasteiger partial charge in [0.15, 0.2) is 9.84 Å². The van der Waals surface area contributed by atoms with Gasteiger partial charge in [0.25, 0.3) is 5.91 Å². The second-order valence-electron chi connectivity index (χ2n) is 6.86. The first-order chi connectivity index (χ1) is 12.7. The van der Waals surface area contributed by atoms with Gasteiger partial charge in [0.2, 0.25) is 5.91 Å². The molecule has 1 aromatic rings. The summed E-state index contributed by atoms with van der Waals surface area (Å²) in [6, 6.07) is 4.67. The Bertz CT molecular complexity index is 914. The zero-order valence-corrected chi connectivity index (χ0v) is 16.7. The average Bonchev–Trinajstić information content (AvgIpc) is 2.94. The lowest BCUT2D eigenvalue weighted by atomic mass is 10.1.